The molecule has 0 aromatic heterocycles. The van der Waals surface area contributed by atoms with E-state index in [0.717, 1.165) is 5.57 Å². The number of hydrogen-bond donors (Lipinski definition) is 1. The number of hydrogen-bond acceptors (Lipinski definition) is 3. The number of amides is 2. The van der Waals surface area contributed by atoms with Gasteiger partial charge in [0.05, 0.1) is 5.69 Å². The maximum Gasteiger partial charge on any atom is 0.265 e. The highest BCUT2D eigenvalue weighted by atomic mass is 35.5. The van der Waals surface area contributed by atoms with Crippen LogP contribution in [0.25, 0.3) is 0 Å². The smallest absolute Gasteiger partial charge is 0.265 e. The Bertz CT molecular complexity index is 863. The van der Waals surface area contributed by atoms with Crippen LogP contribution in [0.1, 0.15) is 17.3 Å². The van der Waals surface area contributed by atoms with E-state index in [4.69, 9.17) is 16.3 Å². The second-order valence-corrected chi connectivity index (χ2v) is 6.31. The van der Waals surface area contributed by atoms with Crippen LogP contribution in [0, 0.1) is 0 Å². The molecule has 6 heteroatoms. The predicted molar refractivity (Wildman–Crippen MR) is 98.5 cm³/mol. The van der Waals surface area contributed by atoms with Crippen molar-refractivity contribution in [3.63, 3.8) is 0 Å². The van der Waals surface area contributed by atoms with Crippen LogP contribution in [0.5, 0.6) is 5.75 Å². The molecule has 128 valence electrons. The first-order valence-electron chi connectivity index (χ1n) is 7.72. The van der Waals surface area contributed by atoms with Crippen molar-refractivity contribution in [3.8, 4) is 5.75 Å². The first-order valence-corrected chi connectivity index (χ1v) is 8.10. The highest BCUT2D eigenvalue weighted by Gasteiger charge is 2.25. The lowest BCUT2D eigenvalue weighted by Gasteiger charge is -2.29. The molecule has 0 atom stereocenters. The van der Waals surface area contributed by atoms with Gasteiger partial charge in [0.25, 0.3) is 11.8 Å². The van der Waals surface area contributed by atoms with Gasteiger partial charge in [-0.3, -0.25) is 9.59 Å². The van der Waals surface area contributed by atoms with Crippen molar-refractivity contribution < 1.29 is 14.3 Å². The van der Waals surface area contributed by atoms with E-state index in [1.807, 2.05) is 6.92 Å². The molecule has 2 amide bonds. The molecule has 5 nitrogen and oxygen atoms in total. The average molecular weight is 357 g/mol. The monoisotopic (exact) mass is 356 g/mol. The van der Waals surface area contributed by atoms with Crippen LogP contribution >= 0.6 is 11.6 Å². The Hall–Kier alpha value is -2.79. The van der Waals surface area contributed by atoms with Gasteiger partial charge in [0, 0.05) is 28.9 Å². The van der Waals surface area contributed by atoms with E-state index in [-0.39, 0.29) is 18.4 Å². The van der Waals surface area contributed by atoms with Crippen LogP contribution in [-0.4, -0.2) is 25.0 Å². The topological polar surface area (TPSA) is 58.6 Å². The summed E-state index contributed by atoms with van der Waals surface area (Å²) in [5.41, 5.74) is 2.58. The van der Waals surface area contributed by atoms with Crippen LogP contribution in [0.4, 0.5) is 11.4 Å². The van der Waals surface area contributed by atoms with Crippen LogP contribution in [-0.2, 0) is 4.79 Å². The fourth-order valence-corrected chi connectivity index (χ4v) is 2.75. The number of halogens is 1. The zero-order chi connectivity index (χ0) is 18.0. The quantitative estimate of drug-likeness (QED) is 0.845. The minimum atomic E-state index is -0.270. The van der Waals surface area contributed by atoms with E-state index in [2.05, 4.69) is 11.9 Å². The van der Waals surface area contributed by atoms with Gasteiger partial charge in [-0.25, -0.2) is 0 Å². The molecule has 0 unspecified atom stereocenters. The normalized spacial score (nSPS) is 13.0. The maximum absolute atomic E-state index is 12.3. The molecule has 0 bridgehead atoms. The molecule has 1 heterocycles. The van der Waals surface area contributed by atoms with Crippen molar-refractivity contribution in [1.82, 2.24) is 0 Å². The van der Waals surface area contributed by atoms with Crippen molar-refractivity contribution in [3.05, 3.63) is 65.2 Å². The van der Waals surface area contributed by atoms with Crippen molar-refractivity contribution in [2.24, 2.45) is 0 Å². The summed E-state index contributed by atoms with van der Waals surface area (Å²) in [6.07, 6.45) is 0. The van der Waals surface area contributed by atoms with Crippen molar-refractivity contribution >= 4 is 34.8 Å². The summed E-state index contributed by atoms with van der Waals surface area (Å²) in [4.78, 5) is 26.0. The van der Waals surface area contributed by atoms with E-state index in [1.165, 1.54) is 0 Å². The van der Waals surface area contributed by atoms with Crippen LogP contribution in [0.15, 0.2) is 54.6 Å². The zero-order valence-electron chi connectivity index (χ0n) is 13.7. The lowest BCUT2D eigenvalue weighted by molar-refractivity contribution is -0.121. The van der Waals surface area contributed by atoms with E-state index >= 15 is 0 Å². The summed E-state index contributed by atoms with van der Waals surface area (Å²) in [5.74, 6) is 0.157. The minimum Gasteiger partial charge on any atom is -0.481 e. The molecule has 0 saturated heterocycles. The average Bonchev–Trinajstić information content (AvgIpc) is 2.57. The molecule has 0 spiro atoms. The van der Waals surface area contributed by atoms with Crippen LogP contribution < -0.4 is 15.0 Å². The number of carbonyl (C=O) groups is 2. The SMILES string of the molecule is C=C(C)CN1C(=O)COc2cc(NC(=O)c3cccc(Cl)c3)ccc21. The number of benzene rings is 2. The van der Waals surface area contributed by atoms with Crippen LogP contribution in [0.2, 0.25) is 5.02 Å². The van der Waals surface area contributed by atoms with Gasteiger partial charge in [-0.15, -0.1) is 0 Å². The zero-order valence-corrected chi connectivity index (χ0v) is 14.5. The number of rotatable bonds is 4. The molecule has 0 saturated carbocycles. The third-order valence-corrected chi connectivity index (χ3v) is 3.91. The number of anilines is 2. The minimum absolute atomic E-state index is 0.0357. The number of nitrogens with one attached hydrogen (secondary N) is 1. The highest BCUT2D eigenvalue weighted by Crippen LogP contribution is 2.35. The Kier molecular flexibility index (Phi) is 4.76. The summed E-state index contributed by atoms with van der Waals surface area (Å²) in [5, 5.41) is 3.30. The number of fused-ring (bicyclic) bond motifs is 1. The van der Waals surface area contributed by atoms with E-state index in [9.17, 15) is 9.59 Å². The lowest BCUT2D eigenvalue weighted by atomic mass is 10.1. The van der Waals surface area contributed by atoms with Gasteiger partial charge in [0.2, 0.25) is 0 Å². The number of nitrogens with zero attached hydrogens (tertiary/aromatic N) is 1. The highest BCUT2D eigenvalue weighted by molar-refractivity contribution is 6.31. The van der Waals surface area contributed by atoms with Gasteiger partial charge in [0.1, 0.15) is 5.75 Å². The van der Waals surface area contributed by atoms with Crippen molar-refractivity contribution in [2.75, 3.05) is 23.4 Å². The van der Waals surface area contributed by atoms with Gasteiger partial charge < -0.3 is 15.0 Å². The molecule has 2 aromatic rings. The first-order chi connectivity index (χ1) is 11.9. The molecule has 25 heavy (non-hydrogen) atoms. The molecule has 0 aliphatic carbocycles. The standard InChI is InChI=1S/C19H17ClN2O3/c1-12(2)10-22-16-7-6-15(9-17(16)25-11-18(22)23)21-19(24)13-4-3-5-14(20)8-13/h3-9H,1,10-11H2,2H3,(H,21,24). The molecule has 3 rings (SSSR count). The Labute approximate surface area is 150 Å². The number of ether oxygens (including phenoxy) is 1. The van der Waals surface area contributed by atoms with Gasteiger partial charge in [0.15, 0.2) is 6.61 Å². The Morgan fingerprint density at radius 3 is 2.84 bits per heavy atom. The second-order valence-electron chi connectivity index (χ2n) is 5.87. The Balaban J connectivity index is 1.82. The molecule has 2 aromatic carbocycles. The molecule has 1 aliphatic heterocycles. The molecule has 0 fully saturated rings. The van der Waals surface area contributed by atoms with E-state index < -0.39 is 0 Å². The molecule has 1 aliphatic rings. The van der Waals surface area contributed by atoms with Crippen molar-refractivity contribution in [1.29, 1.82) is 0 Å². The molecule has 1 N–H and O–H groups in total. The lowest BCUT2D eigenvalue weighted by Crippen LogP contribution is -2.39. The van der Waals surface area contributed by atoms with Crippen molar-refractivity contribution in [2.45, 2.75) is 6.92 Å². The fraction of sp³-hybridized carbons (Fsp3) is 0.158. The summed E-state index contributed by atoms with van der Waals surface area (Å²) < 4.78 is 5.50. The number of carbonyl (C=O) groups excluding carboxylic acids is 2. The van der Waals surface area contributed by atoms with Gasteiger partial charge in [-0.2, -0.15) is 0 Å². The maximum atomic E-state index is 12.3. The van der Waals surface area contributed by atoms with Gasteiger partial charge >= 0.3 is 0 Å². The third-order valence-electron chi connectivity index (χ3n) is 3.68. The predicted octanol–water partition coefficient (Wildman–Crippen LogP) is 3.89. The summed E-state index contributed by atoms with van der Waals surface area (Å²) >= 11 is 5.91. The summed E-state index contributed by atoms with van der Waals surface area (Å²) in [6.45, 7) is 6.11. The fourth-order valence-electron chi connectivity index (χ4n) is 2.56. The first kappa shape index (κ1) is 17.0. The molecular weight excluding hydrogens is 340 g/mol. The summed E-state index contributed by atoms with van der Waals surface area (Å²) in [6, 6.07) is 11.9. The third kappa shape index (κ3) is 3.83. The second kappa shape index (κ2) is 6.99. The van der Waals surface area contributed by atoms with E-state index in [0.29, 0.717) is 34.3 Å². The Morgan fingerprint density at radius 1 is 1.32 bits per heavy atom. The van der Waals surface area contributed by atoms with Gasteiger partial charge in [-0.05, 0) is 37.3 Å². The largest absolute Gasteiger partial charge is 0.481 e. The van der Waals surface area contributed by atoms with Gasteiger partial charge in [-0.1, -0.05) is 29.8 Å². The molecular formula is C19H17ClN2O3. The molecule has 0 radical (unpaired) electrons. The Morgan fingerprint density at radius 2 is 2.12 bits per heavy atom. The van der Waals surface area contributed by atoms with E-state index in [1.54, 1.807) is 47.4 Å². The summed E-state index contributed by atoms with van der Waals surface area (Å²) in [7, 11) is 0. The van der Waals surface area contributed by atoms with Crippen LogP contribution in [0.3, 0.4) is 0 Å².